The first-order valence-corrected chi connectivity index (χ1v) is 7.79. The molecule has 0 spiro atoms. The molecule has 1 aromatic carbocycles. The Hall–Kier alpha value is -2.88. The van der Waals surface area contributed by atoms with E-state index in [2.05, 4.69) is 32.0 Å². The van der Waals surface area contributed by atoms with Crippen LogP contribution in [0.25, 0.3) is 0 Å². The second kappa shape index (κ2) is 8.83. The molecule has 0 saturated heterocycles. The molecule has 0 unspecified atom stereocenters. The smallest absolute Gasteiger partial charge is 0.260 e. The number of aromatic nitrogens is 2. The van der Waals surface area contributed by atoms with E-state index in [1.165, 1.54) is 14.2 Å². The zero-order valence-corrected chi connectivity index (χ0v) is 14.7. The van der Waals surface area contributed by atoms with Gasteiger partial charge in [-0.2, -0.15) is 9.37 Å². The lowest BCUT2D eigenvalue weighted by Gasteiger charge is -2.10. The summed E-state index contributed by atoms with van der Waals surface area (Å²) in [5, 5.41) is 7.07. The number of halogens is 1. The molecule has 6 nitrogen and oxygen atoms in total. The Morgan fingerprint density at radius 3 is 2.76 bits per heavy atom. The summed E-state index contributed by atoms with van der Waals surface area (Å²) in [5.74, 6) is 7.00. The van der Waals surface area contributed by atoms with E-state index in [1.54, 1.807) is 13.0 Å². The Kier molecular flexibility index (Phi) is 6.52. The second-order valence-corrected chi connectivity index (χ2v) is 5.33. The van der Waals surface area contributed by atoms with E-state index >= 15 is 0 Å². The number of benzene rings is 1. The molecule has 2 aromatic rings. The van der Waals surface area contributed by atoms with Gasteiger partial charge in [-0.05, 0) is 38.0 Å². The number of oxime groups is 1. The van der Waals surface area contributed by atoms with Gasteiger partial charge in [-0.3, -0.25) is 0 Å². The molecule has 0 aliphatic heterocycles. The lowest BCUT2D eigenvalue weighted by atomic mass is 10.0. The Labute approximate surface area is 146 Å². The molecule has 132 valence electrons. The number of hydrogen-bond donors (Lipinski definition) is 0. The van der Waals surface area contributed by atoms with E-state index in [1.807, 2.05) is 13.0 Å². The van der Waals surface area contributed by atoms with Crippen LogP contribution in [0.15, 0.2) is 21.8 Å². The van der Waals surface area contributed by atoms with E-state index in [-0.39, 0.29) is 5.56 Å². The molecule has 0 bridgehead atoms. The van der Waals surface area contributed by atoms with Crippen LogP contribution in [0, 0.1) is 25.7 Å². The number of methoxy groups -OCH3 is 1. The Balaban J connectivity index is 2.08. The van der Waals surface area contributed by atoms with E-state index < -0.39 is 5.97 Å². The highest BCUT2D eigenvalue weighted by molar-refractivity contribution is 5.96. The molecule has 0 atom stereocenters. The fourth-order valence-corrected chi connectivity index (χ4v) is 2.33. The van der Waals surface area contributed by atoms with Gasteiger partial charge in [0.2, 0.25) is 5.89 Å². The van der Waals surface area contributed by atoms with Crippen molar-refractivity contribution >= 4 is 5.97 Å². The van der Waals surface area contributed by atoms with E-state index in [0.29, 0.717) is 35.9 Å². The lowest BCUT2D eigenvalue weighted by Crippen LogP contribution is -2.01. The van der Waals surface area contributed by atoms with Crippen molar-refractivity contribution in [2.24, 2.45) is 5.16 Å². The Bertz CT molecular complexity index is 819. The van der Waals surface area contributed by atoms with Crippen LogP contribution in [0.4, 0.5) is 4.39 Å². The molecule has 1 heterocycles. The summed E-state index contributed by atoms with van der Waals surface area (Å²) < 4.78 is 24.3. The van der Waals surface area contributed by atoms with Crippen LogP contribution in [0.1, 0.15) is 41.2 Å². The predicted octanol–water partition coefficient (Wildman–Crippen LogP) is 3.35. The molecule has 0 fully saturated rings. The fraction of sp³-hybridized carbons (Fsp3) is 0.389. The normalized spacial score (nSPS) is 11.0. The van der Waals surface area contributed by atoms with Gasteiger partial charge >= 0.3 is 0 Å². The van der Waals surface area contributed by atoms with Crippen molar-refractivity contribution in [1.82, 2.24) is 10.1 Å². The highest BCUT2D eigenvalue weighted by atomic mass is 19.1. The third-order valence-electron chi connectivity index (χ3n) is 3.37. The van der Waals surface area contributed by atoms with Gasteiger partial charge in [-0.25, -0.2) is 0 Å². The summed E-state index contributed by atoms with van der Waals surface area (Å²) >= 11 is 0. The number of hydrogen-bond acceptors (Lipinski definition) is 6. The van der Waals surface area contributed by atoms with Gasteiger partial charge < -0.3 is 14.1 Å². The van der Waals surface area contributed by atoms with Gasteiger partial charge in [0.1, 0.15) is 12.9 Å². The molecule has 0 amide bonds. The molecule has 0 aliphatic carbocycles. The molecule has 0 saturated carbocycles. The molecular weight excluding hydrogens is 325 g/mol. The van der Waals surface area contributed by atoms with Crippen LogP contribution in [0.5, 0.6) is 5.75 Å². The van der Waals surface area contributed by atoms with Crippen molar-refractivity contribution in [2.75, 3.05) is 14.2 Å². The summed E-state index contributed by atoms with van der Waals surface area (Å²) in [6, 6.07) is 3.44. The molecule has 0 N–H and O–H groups in total. The summed E-state index contributed by atoms with van der Waals surface area (Å²) in [5.41, 5.74) is 1.67. The minimum Gasteiger partial charge on any atom is -0.496 e. The number of unbranched alkanes of at least 4 members (excludes halogenated alkanes) is 1. The maximum atomic E-state index is 14.0. The average Bonchev–Trinajstić information content (AvgIpc) is 2.99. The SMILES string of the molecule is CON=C(F)c1cc(C#CCCCc2nc(C)no2)cc(C)c1OC. The van der Waals surface area contributed by atoms with Gasteiger partial charge in [0.15, 0.2) is 5.82 Å². The largest absolute Gasteiger partial charge is 0.496 e. The predicted molar refractivity (Wildman–Crippen MR) is 91.2 cm³/mol. The highest BCUT2D eigenvalue weighted by Crippen LogP contribution is 2.26. The van der Waals surface area contributed by atoms with E-state index in [9.17, 15) is 4.39 Å². The summed E-state index contributed by atoms with van der Waals surface area (Å²) in [6.45, 7) is 3.61. The minimum absolute atomic E-state index is 0.218. The van der Waals surface area contributed by atoms with Gasteiger partial charge in [-0.15, -0.1) is 0 Å². The molecule has 1 aromatic heterocycles. The monoisotopic (exact) mass is 345 g/mol. The zero-order chi connectivity index (χ0) is 18.2. The highest BCUT2D eigenvalue weighted by Gasteiger charge is 2.14. The Morgan fingerprint density at radius 2 is 2.12 bits per heavy atom. The number of aryl methyl sites for hydroxylation is 3. The van der Waals surface area contributed by atoms with Gasteiger partial charge in [0.05, 0.1) is 12.7 Å². The first-order valence-electron chi connectivity index (χ1n) is 7.79. The van der Waals surface area contributed by atoms with Crippen LogP contribution in [0.2, 0.25) is 0 Å². The maximum Gasteiger partial charge on any atom is 0.260 e. The van der Waals surface area contributed by atoms with Crippen LogP contribution in [-0.2, 0) is 11.3 Å². The Morgan fingerprint density at radius 1 is 1.32 bits per heavy atom. The van der Waals surface area contributed by atoms with Gasteiger partial charge in [0.25, 0.3) is 5.97 Å². The lowest BCUT2D eigenvalue weighted by molar-refractivity contribution is 0.209. The molecule has 25 heavy (non-hydrogen) atoms. The van der Waals surface area contributed by atoms with Crippen LogP contribution in [0.3, 0.4) is 0 Å². The van der Waals surface area contributed by atoms with Crippen molar-refractivity contribution in [3.05, 3.63) is 40.5 Å². The number of rotatable bonds is 6. The van der Waals surface area contributed by atoms with Crippen LogP contribution in [-0.4, -0.2) is 30.3 Å². The van der Waals surface area contributed by atoms with Crippen LogP contribution >= 0.6 is 0 Å². The number of ether oxygens (including phenoxy) is 1. The average molecular weight is 345 g/mol. The van der Waals surface area contributed by atoms with Gasteiger partial charge in [-0.1, -0.05) is 22.2 Å². The van der Waals surface area contributed by atoms with E-state index in [4.69, 9.17) is 9.26 Å². The van der Waals surface area contributed by atoms with Crippen molar-refractivity contribution in [2.45, 2.75) is 33.1 Å². The van der Waals surface area contributed by atoms with Crippen LogP contribution < -0.4 is 4.74 Å². The first-order chi connectivity index (χ1) is 12.0. The second-order valence-electron chi connectivity index (χ2n) is 5.33. The quantitative estimate of drug-likeness (QED) is 0.347. The van der Waals surface area contributed by atoms with Crippen molar-refractivity contribution in [1.29, 1.82) is 0 Å². The summed E-state index contributed by atoms with van der Waals surface area (Å²) in [6.07, 6.45) is 2.14. The van der Waals surface area contributed by atoms with Crippen molar-refractivity contribution in [3.8, 4) is 17.6 Å². The summed E-state index contributed by atoms with van der Waals surface area (Å²) in [4.78, 5) is 8.63. The number of nitrogens with zero attached hydrogens (tertiary/aromatic N) is 3. The summed E-state index contributed by atoms with van der Waals surface area (Å²) in [7, 11) is 2.77. The third kappa shape index (κ3) is 5.05. The molecular formula is C18H20FN3O3. The topological polar surface area (TPSA) is 69.7 Å². The molecule has 0 aliphatic rings. The van der Waals surface area contributed by atoms with E-state index in [0.717, 1.165) is 12.0 Å². The fourth-order valence-electron chi connectivity index (χ4n) is 2.33. The maximum absolute atomic E-state index is 14.0. The standard InChI is InChI=1S/C18H20FN3O3/c1-12-10-14(11-15(17(12)23-3)18(19)22-24-4)8-6-5-7-9-16-20-13(2)21-25-16/h10-11H,5,7,9H2,1-4H3. The third-order valence-corrected chi connectivity index (χ3v) is 3.37. The molecule has 2 rings (SSSR count). The van der Waals surface area contributed by atoms with Crippen molar-refractivity contribution in [3.63, 3.8) is 0 Å². The first kappa shape index (κ1) is 18.5. The zero-order valence-electron chi connectivity index (χ0n) is 14.7. The molecule has 0 radical (unpaired) electrons. The van der Waals surface area contributed by atoms with Crippen molar-refractivity contribution < 1.29 is 18.5 Å². The molecule has 7 heteroatoms. The van der Waals surface area contributed by atoms with Gasteiger partial charge in [0, 0.05) is 18.4 Å². The minimum atomic E-state index is -0.752.